The van der Waals surface area contributed by atoms with Crippen LogP contribution in [0.25, 0.3) is 11.8 Å². The number of nitrogens with zero attached hydrogens (tertiary/aromatic N) is 1. The summed E-state index contributed by atoms with van der Waals surface area (Å²) in [4.78, 5) is 33.7. The molecule has 0 spiro atoms. The SMILES string of the molecule is CCc1cc(/C=C/C(=O)O)ccc1-n1c(=O)[nH][nH]c1=O. The number of benzene rings is 1. The molecule has 1 aromatic heterocycles. The molecule has 0 unspecified atom stereocenters. The second kappa shape index (κ2) is 5.43. The number of aliphatic carboxylic acids is 1. The number of H-pyrrole nitrogens is 2. The Balaban J connectivity index is 2.54. The first-order chi connectivity index (χ1) is 9.52. The standard InChI is InChI=1S/C13H13N3O4/c1-2-9-7-8(4-6-11(17)18)3-5-10(9)16-12(19)14-15-13(16)20/h3-7H,2H2,1H3,(H,14,19)(H,15,20)(H,17,18)/b6-4+. The summed E-state index contributed by atoms with van der Waals surface area (Å²) in [5, 5.41) is 13.0. The van der Waals surface area contributed by atoms with E-state index in [9.17, 15) is 14.4 Å². The highest BCUT2D eigenvalue weighted by atomic mass is 16.4. The third-order valence-corrected chi connectivity index (χ3v) is 2.83. The predicted octanol–water partition coefficient (Wildman–Crippen LogP) is 0.514. The first-order valence-corrected chi connectivity index (χ1v) is 5.97. The van der Waals surface area contributed by atoms with Gasteiger partial charge in [0.1, 0.15) is 0 Å². The minimum absolute atomic E-state index is 0.479. The van der Waals surface area contributed by atoms with Crippen LogP contribution in [0.2, 0.25) is 0 Å². The molecule has 1 heterocycles. The Morgan fingerprint density at radius 2 is 1.95 bits per heavy atom. The topological polar surface area (TPSA) is 108 Å². The third-order valence-electron chi connectivity index (χ3n) is 2.83. The van der Waals surface area contributed by atoms with Gasteiger partial charge in [0.15, 0.2) is 0 Å². The van der Waals surface area contributed by atoms with Gasteiger partial charge in [-0.15, -0.1) is 0 Å². The van der Waals surface area contributed by atoms with E-state index in [1.807, 2.05) is 6.92 Å². The number of aromatic amines is 2. The van der Waals surface area contributed by atoms with Gasteiger partial charge in [0, 0.05) is 6.08 Å². The van der Waals surface area contributed by atoms with Crippen LogP contribution in [0.3, 0.4) is 0 Å². The van der Waals surface area contributed by atoms with Crippen molar-refractivity contribution in [3.05, 3.63) is 56.4 Å². The molecule has 20 heavy (non-hydrogen) atoms. The van der Waals surface area contributed by atoms with Crippen LogP contribution in [0, 0.1) is 0 Å². The second-order valence-electron chi connectivity index (χ2n) is 4.11. The minimum atomic E-state index is -1.04. The van der Waals surface area contributed by atoms with E-state index >= 15 is 0 Å². The van der Waals surface area contributed by atoms with Crippen LogP contribution in [0.4, 0.5) is 0 Å². The van der Waals surface area contributed by atoms with E-state index in [1.165, 1.54) is 6.08 Å². The first kappa shape index (κ1) is 13.6. The Labute approximate surface area is 113 Å². The molecule has 2 rings (SSSR count). The molecule has 0 saturated carbocycles. The zero-order valence-corrected chi connectivity index (χ0v) is 10.7. The van der Waals surface area contributed by atoms with Crippen LogP contribution < -0.4 is 11.4 Å². The van der Waals surface area contributed by atoms with Crippen molar-refractivity contribution in [1.82, 2.24) is 14.8 Å². The molecule has 0 aliphatic heterocycles. The van der Waals surface area contributed by atoms with E-state index in [0.717, 1.165) is 16.2 Å². The summed E-state index contributed by atoms with van der Waals surface area (Å²) >= 11 is 0. The van der Waals surface area contributed by atoms with Crippen molar-refractivity contribution >= 4 is 12.0 Å². The molecular weight excluding hydrogens is 262 g/mol. The Morgan fingerprint density at radius 3 is 2.50 bits per heavy atom. The number of carboxylic acid groups (broad SMARTS) is 1. The smallest absolute Gasteiger partial charge is 0.348 e. The van der Waals surface area contributed by atoms with Gasteiger partial charge in [0.2, 0.25) is 0 Å². The van der Waals surface area contributed by atoms with Crippen molar-refractivity contribution in [2.75, 3.05) is 0 Å². The molecule has 1 aromatic carbocycles. The van der Waals surface area contributed by atoms with E-state index in [1.54, 1.807) is 18.2 Å². The van der Waals surface area contributed by atoms with Gasteiger partial charge in [-0.05, 0) is 35.8 Å². The molecule has 7 nitrogen and oxygen atoms in total. The van der Waals surface area contributed by atoms with Crippen LogP contribution in [0.1, 0.15) is 18.1 Å². The van der Waals surface area contributed by atoms with Gasteiger partial charge in [-0.25, -0.2) is 29.1 Å². The lowest BCUT2D eigenvalue weighted by Gasteiger charge is -2.07. The van der Waals surface area contributed by atoms with Gasteiger partial charge >= 0.3 is 17.3 Å². The summed E-state index contributed by atoms with van der Waals surface area (Å²) in [6.07, 6.45) is 3.08. The van der Waals surface area contributed by atoms with Crippen LogP contribution in [0.5, 0.6) is 0 Å². The molecular formula is C13H13N3O4. The number of hydrogen-bond donors (Lipinski definition) is 3. The van der Waals surface area contributed by atoms with Gasteiger partial charge in [-0.2, -0.15) is 0 Å². The predicted molar refractivity (Wildman–Crippen MR) is 73.1 cm³/mol. The molecule has 3 N–H and O–H groups in total. The van der Waals surface area contributed by atoms with E-state index in [2.05, 4.69) is 10.2 Å². The molecule has 0 aliphatic carbocycles. The lowest BCUT2D eigenvalue weighted by molar-refractivity contribution is -0.131. The van der Waals surface area contributed by atoms with Crippen LogP contribution in [-0.2, 0) is 11.2 Å². The Morgan fingerprint density at radius 1 is 1.30 bits per heavy atom. The molecule has 104 valence electrons. The summed E-state index contributed by atoms with van der Waals surface area (Å²) in [6, 6.07) is 5.01. The Bertz CT molecular complexity index is 752. The van der Waals surface area contributed by atoms with Gasteiger partial charge in [-0.1, -0.05) is 13.0 Å². The fourth-order valence-corrected chi connectivity index (χ4v) is 1.91. The molecule has 0 aliphatic rings. The maximum Gasteiger partial charge on any atom is 0.348 e. The monoisotopic (exact) mass is 275 g/mol. The molecule has 0 amide bonds. The summed E-state index contributed by atoms with van der Waals surface area (Å²) in [6.45, 7) is 1.88. The quantitative estimate of drug-likeness (QED) is 0.706. The molecule has 0 fully saturated rings. The summed E-state index contributed by atoms with van der Waals surface area (Å²) in [7, 11) is 0. The van der Waals surface area contributed by atoms with Crippen LogP contribution >= 0.6 is 0 Å². The maximum atomic E-state index is 11.6. The number of hydrogen-bond acceptors (Lipinski definition) is 3. The van der Waals surface area contributed by atoms with Crippen LogP contribution in [0.15, 0.2) is 33.9 Å². The van der Waals surface area contributed by atoms with Crippen molar-refractivity contribution < 1.29 is 9.90 Å². The number of nitrogens with one attached hydrogen (secondary N) is 2. The fourth-order valence-electron chi connectivity index (χ4n) is 1.91. The van der Waals surface area contributed by atoms with Gasteiger partial charge in [0.05, 0.1) is 5.69 Å². The highest BCUT2D eigenvalue weighted by Crippen LogP contribution is 2.16. The van der Waals surface area contributed by atoms with Gasteiger partial charge < -0.3 is 5.11 Å². The largest absolute Gasteiger partial charge is 0.478 e. The maximum absolute atomic E-state index is 11.6. The number of carboxylic acids is 1. The second-order valence-corrected chi connectivity index (χ2v) is 4.11. The van der Waals surface area contributed by atoms with Crippen molar-refractivity contribution in [3.63, 3.8) is 0 Å². The number of aryl methyl sites for hydroxylation is 1. The lowest BCUT2D eigenvalue weighted by atomic mass is 10.1. The number of aromatic nitrogens is 3. The Hall–Kier alpha value is -2.83. The first-order valence-electron chi connectivity index (χ1n) is 5.97. The summed E-state index contributed by atoms with van der Waals surface area (Å²) in [5.41, 5.74) is 0.849. The third kappa shape index (κ3) is 2.61. The minimum Gasteiger partial charge on any atom is -0.478 e. The average Bonchev–Trinajstić information content (AvgIpc) is 2.75. The normalized spacial score (nSPS) is 11.1. The van der Waals surface area contributed by atoms with E-state index in [0.29, 0.717) is 17.7 Å². The van der Waals surface area contributed by atoms with Crippen molar-refractivity contribution in [2.45, 2.75) is 13.3 Å². The van der Waals surface area contributed by atoms with E-state index < -0.39 is 17.3 Å². The van der Waals surface area contributed by atoms with Crippen molar-refractivity contribution in [2.24, 2.45) is 0 Å². The molecule has 0 atom stereocenters. The summed E-state index contributed by atoms with van der Waals surface area (Å²) < 4.78 is 1.00. The molecule has 7 heteroatoms. The highest BCUT2D eigenvalue weighted by molar-refractivity contribution is 5.85. The van der Waals surface area contributed by atoms with Gasteiger partial charge in [-0.3, -0.25) is 0 Å². The molecule has 0 bridgehead atoms. The highest BCUT2D eigenvalue weighted by Gasteiger charge is 2.10. The zero-order valence-electron chi connectivity index (χ0n) is 10.7. The average molecular weight is 275 g/mol. The zero-order chi connectivity index (χ0) is 14.7. The van der Waals surface area contributed by atoms with E-state index in [4.69, 9.17) is 5.11 Å². The number of rotatable bonds is 4. The molecule has 2 aromatic rings. The van der Waals surface area contributed by atoms with Crippen molar-refractivity contribution in [3.8, 4) is 5.69 Å². The number of carbonyl (C=O) groups is 1. The molecule has 0 radical (unpaired) electrons. The van der Waals surface area contributed by atoms with Crippen LogP contribution in [-0.4, -0.2) is 25.8 Å². The fraction of sp³-hybridized carbons (Fsp3) is 0.154. The van der Waals surface area contributed by atoms with E-state index in [-0.39, 0.29) is 0 Å². The lowest BCUT2D eigenvalue weighted by Crippen LogP contribution is -2.25. The molecule has 0 saturated heterocycles. The summed E-state index contributed by atoms with van der Waals surface area (Å²) in [5.74, 6) is -1.04. The van der Waals surface area contributed by atoms with Gasteiger partial charge in [0.25, 0.3) is 0 Å². The Kier molecular flexibility index (Phi) is 3.69. The van der Waals surface area contributed by atoms with Crippen molar-refractivity contribution in [1.29, 1.82) is 0 Å².